The molecule has 4 atom stereocenters. The number of quaternary nitrogens is 1. The van der Waals surface area contributed by atoms with Gasteiger partial charge in [0.1, 0.15) is 5.69 Å². The van der Waals surface area contributed by atoms with E-state index in [1.807, 2.05) is 28.9 Å². The molecule has 1 aromatic heterocycles. The fraction of sp³-hybridized carbons (Fsp3) is 0.688. The number of hydrogen-bond acceptors (Lipinski definition) is 7. The molecule has 138 valence electrons. The number of anilines is 1. The van der Waals surface area contributed by atoms with Gasteiger partial charge >= 0.3 is 0 Å². The molecule has 1 saturated heterocycles. The van der Waals surface area contributed by atoms with E-state index in [4.69, 9.17) is 5.73 Å². The number of fused-ring (bicyclic) bond motifs is 1. The van der Waals surface area contributed by atoms with Crippen molar-refractivity contribution < 1.29 is 10.4 Å². The highest BCUT2D eigenvalue weighted by Crippen LogP contribution is 2.45. The Morgan fingerprint density at radius 1 is 1.44 bits per heavy atom. The van der Waals surface area contributed by atoms with Gasteiger partial charge in [-0.15, -0.1) is 0 Å². The Balaban J connectivity index is 1.62. The van der Waals surface area contributed by atoms with E-state index in [0.29, 0.717) is 30.6 Å². The smallest absolute Gasteiger partial charge is 0.272 e. The topological polar surface area (TPSA) is 87.4 Å². The van der Waals surface area contributed by atoms with Gasteiger partial charge in [0.05, 0.1) is 6.04 Å². The Morgan fingerprint density at radius 2 is 2.20 bits per heavy atom. The highest BCUT2D eigenvalue weighted by Gasteiger charge is 2.59. The largest absolute Gasteiger partial charge is 0.411 e. The Morgan fingerprint density at radius 3 is 2.88 bits per heavy atom. The summed E-state index contributed by atoms with van der Waals surface area (Å²) in [6.45, 7) is 7.10. The van der Waals surface area contributed by atoms with Crippen molar-refractivity contribution in [1.82, 2.24) is 14.8 Å². The molecule has 0 amide bonds. The molecule has 4 rings (SSSR count). The normalized spacial score (nSPS) is 32.5. The van der Waals surface area contributed by atoms with E-state index >= 15 is 0 Å². The second kappa shape index (κ2) is 6.99. The lowest BCUT2D eigenvalue weighted by atomic mass is 10.3. The molecule has 2 aliphatic heterocycles. The summed E-state index contributed by atoms with van der Waals surface area (Å²) in [7, 11) is 0. The molecule has 1 aromatic rings. The zero-order chi connectivity index (χ0) is 17.6. The van der Waals surface area contributed by atoms with Gasteiger partial charge in [0.15, 0.2) is 0 Å². The van der Waals surface area contributed by atoms with Crippen molar-refractivity contribution in [3.63, 3.8) is 0 Å². The number of thioether (sulfide) groups is 1. The van der Waals surface area contributed by atoms with Gasteiger partial charge in [-0.05, 0) is 26.0 Å². The van der Waals surface area contributed by atoms with Crippen molar-refractivity contribution in [3.05, 3.63) is 23.9 Å². The Bertz CT molecular complexity index is 612. The van der Waals surface area contributed by atoms with Crippen LogP contribution in [0.25, 0.3) is 5.53 Å². The predicted molar refractivity (Wildman–Crippen MR) is 98.8 cm³/mol. The van der Waals surface area contributed by atoms with Crippen molar-refractivity contribution in [2.45, 2.75) is 38.0 Å². The minimum atomic E-state index is 0.0121. The second-order valence-corrected chi connectivity index (χ2v) is 8.27. The maximum atomic E-state index is 10.2. The summed E-state index contributed by atoms with van der Waals surface area (Å²) < 4.78 is 0. The van der Waals surface area contributed by atoms with Crippen molar-refractivity contribution in [2.75, 3.05) is 36.3 Å². The lowest BCUT2D eigenvalue weighted by Crippen LogP contribution is -2.99. The maximum Gasteiger partial charge on any atom is 0.272 e. The zero-order valence-corrected chi connectivity index (χ0v) is 15.6. The number of hydrogen-bond donors (Lipinski definition) is 3. The molecular weight excluding hydrogens is 338 g/mol. The molecule has 1 saturated carbocycles. The van der Waals surface area contributed by atoms with Gasteiger partial charge in [0.25, 0.3) is 5.82 Å². The molecule has 3 aliphatic rings. The van der Waals surface area contributed by atoms with Crippen LogP contribution in [0.15, 0.2) is 18.3 Å². The fourth-order valence-electron chi connectivity index (χ4n) is 4.12. The van der Waals surface area contributed by atoms with Crippen LogP contribution < -0.4 is 15.9 Å². The van der Waals surface area contributed by atoms with Gasteiger partial charge in [-0.2, -0.15) is 16.9 Å². The van der Waals surface area contributed by atoms with E-state index in [-0.39, 0.29) is 11.2 Å². The summed E-state index contributed by atoms with van der Waals surface area (Å²) in [5.74, 6) is 2.92. The lowest BCUT2D eigenvalue weighted by Gasteiger charge is -2.32. The molecule has 0 aromatic carbocycles. The van der Waals surface area contributed by atoms with Gasteiger partial charge < -0.3 is 16.3 Å². The van der Waals surface area contributed by atoms with Crippen LogP contribution >= 0.6 is 11.8 Å². The first-order valence-electron chi connectivity index (χ1n) is 8.93. The van der Waals surface area contributed by atoms with Crippen molar-refractivity contribution in [3.8, 4) is 0 Å². The van der Waals surface area contributed by atoms with Crippen molar-refractivity contribution in [1.29, 1.82) is 0 Å². The molecule has 2 fully saturated rings. The third-order valence-electron chi connectivity index (χ3n) is 5.36. The van der Waals surface area contributed by atoms with Crippen LogP contribution in [0.3, 0.4) is 0 Å². The van der Waals surface area contributed by atoms with Gasteiger partial charge in [-0.25, -0.2) is 10.2 Å². The van der Waals surface area contributed by atoms with E-state index in [2.05, 4.69) is 34.2 Å². The molecular formula is C16H27N7OS. The number of nitrogens with one attached hydrogen (secondary N) is 1. The van der Waals surface area contributed by atoms with Crippen LogP contribution in [0.1, 0.15) is 13.8 Å². The van der Waals surface area contributed by atoms with Gasteiger partial charge in [0, 0.05) is 55.6 Å². The van der Waals surface area contributed by atoms with Crippen LogP contribution in [0, 0.1) is 0 Å². The molecule has 8 nitrogen and oxygen atoms in total. The first-order valence-corrected chi connectivity index (χ1v) is 10.1. The van der Waals surface area contributed by atoms with Crippen LogP contribution in [0.2, 0.25) is 0 Å². The summed E-state index contributed by atoms with van der Waals surface area (Å²) >= 11 is 2.02. The number of pyridine rings is 1. The highest BCUT2D eigenvalue weighted by atomic mass is 32.2. The Hall–Kier alpha value is -0.940. The van der Waals surface area contributed by atoms with Gasteiger partial charge in [-0.3, -0.25) is 9.80 Å². The molecule has 4 N–H and O–H groups in total. The van der Waals surface area contributed by atoms with Crippen LogP contribution in [-0.4, -0.2) is 75.4 Å². The van der Waals surface area contributed by atoms with Crippen molar-refractivity contribution >= 4 is 23.3 Å². The Labute approximate surface area is 152 Å². The lowest BCUT2D eigenvalue weighted by molar-refractivity contribution is -1.00. The van der Waals surface area contributed by atoms with E-state index in [1.165, 1.54) is 11.5 Å². The van der Waals surface area contributed by atoms with Crippen LogP contribution in [0.5, 0.6) is 0 Å². The highest BCUT2D eigenvalue weighted by molar-refractivity contribution is 7.99. The number of nitrogens with two attached hydrogens (primary N) is 1. The molecule has 9 heteroatoms. The molecule has 3 heterocycles. The first-order chi connectivity index (χ1) is 12.1. The molecule has 0 radical (unpaired) electrons. The molecule has 0 spiro atoms. The first kappa shape index (κ1) is 17.5. The fourth-order valence-corrected chi connectivity index (χ4v) is 5.05. The molecule has 3 unspecified atom stereocenters. The number of nitrogens with zero attached hydrogens (tertiary/aromatic N) is 5. The summed E-state index contributed by atoms with van der Waals surface area (Å²) in [6, 6.07) is 5.14. The van der Waals surface area contributed by atoms with Crippen LogP contribution in [0.4, 0.5) is 11.5 Å². The second-order valence-electron chi connectivity index (χ2n) is 7.05. The maximum absolute atomic E-state index is 10.2. The van der Waals surface area contributed by atoms with Gasteiger partial charge in [0.2, 0.25) is 0 Å². The Kier molecular flexibility index (Phi) is 4.89. The minimum Gasteiger partial charge on any atom is -0.411 e. The van der Waals surface area contributed by atoms with Crippen molar-refractivity contribution in [2.24, 2.45) is 5.73 Å². The van der Waals surface area contributed by atoms with Gasteiger partial charge in [-0.1, -0.05) is 0 Å². The van der Waals surface area contributed by atoms with E-state index in [0.717, 1.165) is 18.8 Å². The van der Waals surface area contributed by atoms with E-state index in [9.17, 15) is 5.21 Å². The molecule has 25 heavy (non-hydrogen) atoms. The van der Waals surface area contributed by atoms with E-state index < -0.39 is 0 Å². The summed E-state index contributed by atoms with van der Waals surface area (Å²) in [5.41, 5.74) is 11.4. The third kappa shape index (κ3) is 3.03. The zero-order valence-electron chi connectivity index (χ0n) is 14.7. The third-order valence-corrected chi connectivity index (χ3v) is 6.31. The SMILES string of the molecule is CC(C)N(CN)C1C(N2[N-][NH+](O)c3ncccc32)[C@@H]1N1CCSCC1. The quantitative estimate of drug-likeness (QED) is 0.623. The monoisotopic (exact) mass is 365 g/mol. The molecule has 0 bridgehead atoms. The summed E-state index contributed by atoms with van der Waals surface area (Å²) in [4.78, 5) is 9.20. The minimum absolute atomic E-state index is 0.0121. The number of rotatable bonds is 5. The average Bonchev–Trinajstić information content (AvgIpc) is 3.26. The predicted octanol–water partition coefficient (Wildman–Crippen LogP) is -0.194. The summed E-state index contributed by atoms with van der Waals surface area (Å²) in [5, 5.41) is 12.2. The summed E-state index contributed by atoms with van der Waals surface area (Å²) in [6.07, 6.45) is 1.69. The van der Waals surface area contributed by atoms with E-state index in [1.54, 1.807) is 6.20 Å². The number of aromatic nitrogens is 1. The van der Waals surface area contributed by atoms with Crippen LogP contribution in [-0.2, 0) is 0 Å². The molecule has 1 aliphatic carbocycles. The standard InChI is InChI=1S/C16H27N7OS/c1-11(2)21(10-17)14-13(20-6-8-25-9-7-20)15(14)22-12-4-3-5-18-16(12)23(24)19-22/h3-5,11,13-15,23-24H,6-10,17H2,1-2H3/t13-,14?,15?/m1/s1. The average molecular weight is 366 g/mol.